The van der Waals surface area contributed by atoms with Gasteiger partial charge in [0.25, 0.3) is 0 Å². The molecule has 0 aliphatic heterocycles. The zero-order valence-corrected chi connectivity index (χ0v) is 13.8. The van der Waals surface area contributed by atoms with E-state index < -0.39 is 25.5 Å². The van der Waals surface area contributed by atoms with Gasteiger partial charge in [-0.15, -0.1) is 0 Å². The Morgan fingerprint density at radius 1 is 1.36 bits per heavy atom. The Labute approximate surface area is 134 Å². The molecular weight excluding hydrogens is 378 g/mol. The smallest absolute Gasteiger partial charge is 0.312 e. The zero-order chi connectivity index (χ0) is 16.5. The average Bonchev–Trinajstić information content (AvgIpc) is 2.82. The first kappa shape index (κ1) is 16.5. The van der Waals surface area contributed by atoms with Gasteiger partial charge in [0, 0.05) is 7.05 Å². The normalized spacial score (nSPS) is 11.4. The number of nitrogens with zero attached hydrogens (tertiary/aromatic N) is 2. The van der Waals surface area contributed by atoms with E-state index in [0.29, 0.717) is 10.4 Å². The summed E-state index contributed by atoms with van der Waals surface area (Å²) < 4.78 is 28.9. The minimum Gasteiger partial charge on any atom is -0.452 e. The molecule has 0 aliphatic carbocycles. The number of halogens is 1. The van der Waals surface area contributed by atoms with Crippen molar-refractivity contribution in [2.45, 2.75) is 11.4 Å². The summed E-state index contributed by atoms with van der Waals surface area (Å²) in [5, 5.41) is 16.3. The number of hydrogen-bond donors (Lipinski definition) is 1. The first-order valence-electron chi connectivity index (χ1n) is 5.95. The van der Waals surface area contributed by atoms with Crippen LogP contribution in [-0.4, -0.2) is 20.4 Å². The summed E-state index contributed by atoms with van der Waals surface area (Å²) in [5.74, 6) is 0.560. The molecule has 10 heteroatoms. The quantitative estimate of drug-likeness (QED) is 0.618. The molecule has 1 aromatic carbocycles. The second-order valence-electron chi connectivity index (χ2n) is 4.49. The number of rotatable bonds is 5. The molecule has 1 heterocycles. The molecule has 22 heavy (non-hydrogen) atoms. The summed E-state index contributed by atoms with van der Waals surface area (Å²) in [6.45, 7) is 0.223. The fourth-order valence-corrected chi connectivity index (χ4v) is 3.04. The largest absolute Gasteiger partial charge is 0.452 e. The lowest BCUT2D eigenvalue weighted by molar-refractivity contribution is -0.387. The molecule has 0 unspecified atom stereocenters. The molecular formula is C12H12BrN3O5S. The number of sulfonamides is 1. The third-order valence-electron chi connectivity index (χ3n) is 2.90. The van der Waals surface area contributed by atoms with Crippen LogP contribution in [0.4, 0.5) is 11.4 Å². The summed E-state index contributed by atoms with van der Waals surface area (Å²) in [4.78, 5) is 11.5. The molecule has 0 saturated carbocycles. The lowest BCUT2D eigenvalue weighted by atomic mass is 10.2. The van der Waals surface area contributed by atoms with Crippen molar-refractivity contribution in [3.8, 4) is 0 Å². The van der Waals surface area contributed by atoms with Crippen molar-refractivity contribution in [1.29, 1.82) is 0 Å². The van der Waals surface area contributed by atoms with Gasteiger partial charge in [-0.3, -0.25) is 10.1 Å². The van der Waals surface area contributed by atoms with E-state index in [1.165, 1.54) is 17.0 Å². The minimum atomic E-state index is -4.20. The number of para-hydroxylation sites is 1. The van der Waals surface area contributed by atoms with Crippen LogP contribution >= 0.6 is 15.9 Å². The van der Waals surface area contributed by atoms with Crippen LogP contribution in [0, 0.1) is 10.1 Å². The third-order valence-corrected chi connectivity index (χ3v) is 4.27. The number of primary sulfonamides is 1. The highest BCUT2D eigenvalue weighted by Gasteiger charge is 2.28. The van der Waals surface area contributed by atoms with Gasteiger partial charge in [0.15, 0.2) is 9.56 Å². The van der Waals surface area contributed by atoms with Crippen molar-refractivity contribution in [3.05, 3.63) is 50.9 Å². The number of nitro groups is 1. The van der Waals surface area contributed by atoms with E-state index in [1.807, 2.05) is 0 Å². The van der Waals surface area contributed by atoms with Crippen LogP contribution < -0.4 is 10.0 Å². The predicted octanol–water partition coefficient (Wildman–Crippen LogP) is 2.23. The summed E-state index contributed by atoms with van der Waals surface area (Å²) in [6.07, 6.45) is 0. The Bertz CT molecular complexity index is 818. The minimum absolute atomic E-state index is 0.129. The number of furan rings is 1. The molecule has 1 aromatic heterocycles. The molecule has 0 fully saturated rings. The molecule has 0 atom stereocenters. The topological polar surface area (TPSA) is 120 Å². The van der Waals surface area contributed by atoms with E-state index in [2.05, 4.69) is 15.9 Å². The molecule has 2 N–H and O–H groups in total. The fourth-order valence-electron chi connectivity index (χ4n) is 1.99. The number of benzene rings is 1. The molecule has 0 radical (unpaired) electrons. The van der Waals surface area contributed by atoms with Gasteiger partial charge in [-0.25, -0.2) is 13.6 Å². The van der Waals surface area contributed by atoms with E-state index in [4.69, 9.17) is 9.56 Å². The van der Waals surface area contributed by atoms with Gasteiger partial charge in [0.2, 0.25) is 10.0 Å². The number of anilines is 1. The molecule has 118 valence electrons. The van der Waals surface area contributed by atoms with Crippen LogP contribution in [-0.2, 0) is 16.6 Å². The summed E-state index contributed by atoms with van der Waals surface area (Å²) in [5.41, 5.74) is -0.429. The molecule has 0 aliphatic rings. The SMILES string of the molecule is CN(Cc1ccc(Br)o1)c1cccc(S(N)(=O)=O)c1[N+](=O)[O-]. The maximum absolute atomic E-state index is 11.5. The highest BCUT2D eigenvalue weighted by molar-refractivity contribution is 9.10. The lowest BCUT2D eigenvalue weighted by Gasteiger charge is -2.18. The van der Waals surface area contributed by atoms with Gasteiger partial charge in [-0.05, 0) is 40.2 Å². The molecule has 0 spiro atoms. The van der Waals surface area contributed by atoms with Crippen LogP contribution in [0.25, 0.3) is 0 Å². The van der Waals surface area contributed by atoms with E-state index in [0.717, 1.165) is 6.07 Å². The molecule has 0 amide bonds. The van der Waals surface area contributed by atoms with Crippen molar-refractivity contribution < 1.29 is 17.8 Å². The Balaban J connectivity index is 2.48. The van der Waals surface area contributed by atoms with Crippen LogP contribution in [0.5, 0.6) is 0 Å². The van der Waals surface area contributed by atoms with Gasteiger partial charge >= 0.3 is 5.69 Å². The summed E-state index contributed by atoms with van der Waals surface area (Å²) >= 11 is 3.16. The first-order valence-corrected chi connectivity index (χ1v) is 8.29. The van der Waals surface area contributed by atoms with Gasteiger partial charge in [0.1, 0.15) is 11.4 Å². The fraction of sp³-hybridized carbons (Fsp3) is 0.167. The van der Waals surface area contributed by atoms with Gasteiger partial charge in [-0.2, -0.15) is 0 Å². The highest BCUT2D eigenvalue weighted by atomic mass is 79.9. The maximum atomic E-state index is 11.5. The molecule has 0 saturated heterocycles. The van der Waals surface area contributed by atoms with Crippen molar-refractivity contribution in [1.82, 2.24) is 0 Å². The van der Waals surface area contributed by atoms with Crippen LogP contribution in [0.3, 0.4) is 0 Å². The second kappa shape index (κ2) is 6.07. The Morgan fingerprint density at radius 3 is 2.55 bits per heavy atom. The molecule has 8 nitrogen and oxygen atoms in total. The highest BCUT2D eigenvalue weighted by Crippen LogP contribution is 2.34. The van der Waals surface area contributed by atoms with Crippen LogP contribution in [0.2, 0.25) is 0 Å². The maximum Gasteiger partial charge on any atom is 0.312 e. The Morgan fingerprint density at radius 2 is 2.05 bits per heavy atom. The van der Waals surface area contributed by atoms with Gasteiger partial charge in [-0.1, -0.05) is 6.07 Å². The van der Waals surface area contributed by atoms with Crippen molar-refractivity contribution in [3.63, 3.8) is 0 Å². The monoisotopic (exact) mass is 389 g/mol. The molecule has 0 bridgehead atoms. The van der Waals surface area contributed by atoms with Crippen molar-refractivity contribution in [2.24, 2.45) is 5.14 Å². The van der Waals surface area contributed by atoms with E-state index in [-0.39, 0.29) is 12.2 Å². The average molecular weight is 390 g/mol. The van der Waals surface area contributed by atoms with E-state index in [9.17, 15) is 18.5 Å². The second-order valence-corrected chi connectivity index (χ2v) is 6.80. The number of hydrogen-bond acceptors (Lipinski definition) is 6. The predicted molar refractivity (Wildman–Crippen MR) is 83.0 cm³/mol. The van der Waals surface area contributed by atoms with Crippen LogP contribution in [0.15, 0.2) is 44.3 Å². The van der Waals surface area contributed by atoms with Gasteiger partial charge < -0.3 is 9.32 Å². The summed E-state index contributed by atoms with van der Waals surface area (Å²) in [7, 11) is -2.61. The van der Waals surface area contributed by atoms with E-state index >= 15 is 0 Å². The van der Waals surface area contributed by atoms with Crippen molar-refractivity contribution >= 4 is 37.3 Å². The van der Waals surface area contributed by atoms with E-state index in [1.54, 1.807) is 19.2 Å². The zero-order valence-electron chi connectivity index (χ0n) is 11.4. The van der Waals surface area contributed by atoms with Crippen molar-refractivity contribution in [2.75, 3.05) is 11.9 Å². The van der Waals surface area contributed by atoms with Gasteiger partial charge in [0.05, 0.1) is 11.5 Å². The third kappa shape index (κ3) is 3.46. The Hall–Kier alpha value is -1.91. The Kier molecular flexibility index (Phi) is 4.54. The van der Waals surface area contributed by atoms with Crippen LogP contribution in [0.1, 0.15) is 5.76 Å². The number of nitro benzene ring substituents is 1. The molecule has 2 aromatic rings. The molecule has 2 rings (SSSR count). The number of nitrogens with two attached hydrogens (primary N) is 1. The standard InChI is InChI=1S/C12H12BrN3O5S/c1-15(7-8-5-6-11(13)21-8)9-3-2-4-10(22(14,19)20)12(9)16(17)18/h2-6H,7H2,1H3,(H2,14,19,20). The summed E-state index contributed by atoms with van der Waals surface area (Å²) in [6, 6.07) is 7.35. The lowest BCUT2D eigenvalue weighted by Crippen LogP contribution is -2.20. The first-order chi connectivity index (χ1) is 10.2.